The molecule has 1 rings (SSSR count). The normalized spacial score (nSPS) is 12.6. The standard InChI is InChI=1S/C13H20BrNO2/c1-8(2)11(15)5-9-6-12(16-3)13(17-4)7-10(9)14/h6-8,11H,5,15H2,1-4H3. The van der Waals surface area contributed by atoms with Crippen LogP contribution in [0.3, 0.4) is 0 Å². The molecule has 1 aromatic carbocycles. The second-order valence-electron chi connectivity index (χ2n) is 4.41. The van der Waals surface area contributed by atoms with Crippen LogP contribution in [0.4, 0.5) is 0 Å². The lowest BCUT2D eigenvalue weighted by atomic mass is 9.97. The Morgan fingerprint density at radius 1 is 1.18 bits per heavy atom. The Bertz CT molecular complexity index is 380. The van der Waals surface area contributed by atoms with Gasteiger partial charge in [0.2, 0.25) is 0 Å². The summed E-state index contributed by atoms with van der Waals surface area (Å²) in [5.41, 5.74) is 7.23. The van der Waals surface area contributed by atoms with Crippen LogP contribution in [0.1, 0.15) is 19.4 Å². The van der Waals surface area contributed by atoms with Gasteiger partial charge in [0.1, 0.15) is 0 Å². The highest BCUT2D eigenvalue weighted by molar-refractivity contribution is 9.10. The van der Waals surface area contributed by atoms with E-state index >= 15 is 0 Å². The fourth-order valence-corrected chi connectivity index (χ4v) is 2.03. The number of ether oxygens (including phenoxy) is 2. The Morgan fingerprint density at radius 3 is 2.18 bits per heavy atom. The van der Waals surface area contributed by atoms with Gasteiger partial charge in [-0.25, -0.2) is 0 Å². The van der Waals surface area contributed by atoms with Crippen LogP contribution in [0, 0.1) is 5.92 Å². The first kappa shape index (κ1) is 14.3. The van der Waals surface area contributed by atoms with E-state index < -0.39 is 0 Å². The molecular weight excluding hydrogens is 282 g/mol. The monoisotopic (exact) mass is 301 g/mol. The molecule has 4 heteroatoms. The molecule has 0 aliphatic carbocycles. The number of halogens is 1. The molecule has 0 saturated carbocycles. The van der Waals surface area contributed by atoms with Gasteiger partial charge in [0.15, 0.2) is 11.5 Å². The van der Waals surface area contributed by atoms with Gasteiger partial charge >= 0.3 is 0 Å². The molecule has 0 amide bonds. The highest BCUT2D eigenvalue weighted by Gasteiger charge is 2.14. The van der Waals surface area contributed by atoms with Crippen LogP contribution >= 0.6 is 15.9 Å². The van der Waals surface area contributed by atoms with Crippen molar-refractivity contribution in [2.45, 2.75) is 26.3 Å². The van der Waals surface area contributed by atoms with Crippen molar-refractivity contribution >= 4 is 15.9 Å². The van der Waals surface area contributed by atoms with Crippen molar-refractivity contribution in [3.05, 3.63) is 22.2 Å². The van der Waals surface area contributed by atoms with Crippen LogP contribution in [0.2, 0.25) is 0 Å². The largest absolute Gasteiger partial charge is 0.493 e. The summed E-state index contributed by atoms with van der Waals surface area (Å²) in [4.78, 5) is 0. The summed E-state index contributed by atoms with van der Waals surface area (Å²) in [5, 5.41) is 0. The van der Waals surface area contributed by atoms with Crippen LogP contribution < -0.4 is 15.2 Å². The highest BCUT2D eigenvalue weighted by atomic mass is 79.9. The molecule has 2 N–H and O–H groups in total. The van der Waals surface area contributed by atoms with E-state index in [2.05, 4.69) is 29.8 Å². The minimum atomic E-state index is 0.143. The number of methoxy groups -OCH3 is 2. The zero-order valence-corrected chi connectivity index (χ0v) is 12.4. The molecule has 0 aliphatic heterocycles. The van der Waals surface area contributed by atoms with Crippen molar-refractivity contribution in [2.75, 3.05) is 14.2 Å². The van der Waals surface area contributed by atoms with E-state index in [9.17, 15) is 0 Å². The predicted molar refractivity (Wildman–Crippen MR) is 73.8 cm³/mol. The molecule has 0 saturated heterocycles. The quantitative estimate of drug-likeness (QED) is 0.909. The third-order valence-corrected chi connectivity index (χ3v) is 3.60. The van der Waals surface area contributed by atoms with E-state index in [1.807, 2.05) is 12.1 Å². The minimum absolute atomic E-state index is 0.143. The SMILES string of the molecule is COc1cc(Br)c(CC(N)C(C)C)cc1OC. The molecule has 17 heavy (non-hydrogen) atoms. The molecule has 1 unspecified atom stereocenters. The van der Waals surface area contributed by atoms with E-state index in [1.165, 1.54) is 0 Å². The smallest absolute Gasteiger partial charge is 0.161 e. The van der Waals surface area contributed by atoms with Crippen molar-refractivity contribution < 1.29 is 9.47 Å². The first-order valence-electron chi connectivity index (χ1n) is 5.65. The minimum Gasteiger partial charge on any atom is -0.493 e. The number of hydrogen-bond acceptors (Lipinski definition) is 3. The van der Waals surface area contributed by atoms with Gasteiger partial charge in [-0.3, -0.25) is 0 Å². The zero-order valence-electron chi connectivity index (χ0n) is 10.8. The molecule has 96 valence electrons. The summed E-state index contributed by atoms with van der Waals surface area (Å²) in [6, 6.07) is 4.04. The molecule has 0 bridgehead atoms. The van der Waals surface area contributed by atoms with E-state index in [4.69, 9.17) is 15.2 Å². The summed E-state index contributed by atoms with van der Waals surface area (Å²) in [5.74, 6) is 1.91. The summed E-state index contributed by atoms with van der Waals surface area (Å²) < 4.78 is 11.5. The molecule has 3 nitrogen and oxygen atoms in total. The Balaban J connectivity index is 3.00. The van der Waals surface area contributed by atoms with Crippen molar-refractivity contribution in [1.82, 2.24) is 0 Å². The second kappa shape index (κ2) is 6.26. The van der Waals surface area contributed by atoms with Gasteiger partial charge in [-0.15, -0.1) is 0 Å². The maximum absolute atomic E-state index is 6.09. The molecule has 0 spiro atoms. The van der Waals surface area contributed by atoms with Gasteiger partial charge in [-0.05, 0) is 30.0 Å². The molecular formula is C13H20BrNO2. The summed E-state index contributed by atoms with van der Waals surface area (Å²) in [6.45, 7) is 4.25. The average Bonchev–Trinajstić information content (AvgIpc) is 2.30. The molecule has 0 aromatic heterocycles. The lowest BCUT2D eigenvalue weighted by Gasteiger charge is -2.18. The fourth-order valence-electron chi connectivity index (χ4n) is 1.54. The lowest BCUT2D eigenvalue weighted by Crippen LogP contribution is -2.28. The summed E-state index contributed by atoms with van der Waals surface area (Å²) in [7, 11) is 3.27. The molecule has 0 radical (unpaired) electrons. The zero-order chi connectivity index (χ0) is 13.0. The first-order valence-corrected chi connectivity index (χ1v) is 6.44. The third-order valence-electron chi connectivity index (χ3n) is 2.86. The molecule has 1 atom stereocenters. The topological polar surface area (TPSA) is 44.5 Å². The highest BCUT2D eigenvalue weighted by Crippen LogP contribution is 2.34. The molecule has 0 heterocycles. The van der Waals surface area contributed by atoms with Crippen LogP contribution in [-0.4, -0.2) is 20.3 Å². The van der Waals surface area contributed by atoms with Crippen molar-refractivity contribution in [3.63, 3.8) is 0 Å². The maximum atomic E-state index is 6.09. The maximum Gasteiger partial charge on any atom is 0.161 e. The van der Waals surface area contributed by atoms with Crippen molar-refractivity contribution in [1.29, 1.82) is 0 Å². The Morgan fingerprint density at radius 2 is 1.71 bits per heavy atom. The Hall–Kier alpha value is -0.740. The number of nitrogens with two attached hydrogens (primary N) is 1. The number of rotatable bonds is 5. The van der Waals surface area contributed by atoms with Crippen molar-refractivity contribution in [3.8, 4) is 11.5 Å². The van der Waals surface area contributed by atoms with Crippen LogP contribution in [-0.2, 0) is 6.42 Å². The fraction of sp³-hybridized carbons (Fsp3) is 0.538. The van der Waals surface area contributed by atoms with Gasteiger partial charge in [-0.1, -0.05) is 29.8 Å². The van der Waals surface area contributed by atoms with Gasteiger partial charge in [-0.2, -0.15) is 0 Å². The van der Waals surface area contributed by atoms with Gasteiger partial charge in [0.05, 0.1) is 14.2 Å². The van der Waals surface area contributed by atoms with Gasteiger partial charge < -0.3 is 15.2 Å². The van der Waals surface area contributed by atoms with Crippen LogP contribution in [0.15, 0.2) is 16.6 Å². The average molecular weight is 302 g/mol. The van der Waals surface area contributed by atoms with Crippen LogP contribution in [0.25, 0.3) is 0 Å². The molecule has 0 aliphatic rings. The van der Waals surface area contributed by atoms with E-state index in [0.717, 1.165) is 28.0 Å². The number of benzene rings is 1. The van der Waals surface area contributed by atoms with Gasteiger partial charge in [0, 0.05) is 10.5 Å². The molecule has 0 fully saturated rings. The third kappa shape index (κ3) is 3.61. The summed E-state index contributed by atoms with van der Waals surface area (Å²) in [6.07, 6.45) is 0.818. The Kier molecular flexibility index (Phi) is 5.28. The molecule has 1 aromatic rings. The van der Waals surface area contributed by atoms with Crippen LogP contribution in [0.5, 0.6) is 11.5 Å². The van der Waals surface area contributed by atoms with E-state index in [1.54, 1.807) is 14.2 Å². The second-order valence-corrected chi connectivity index (χ2v) is 5.26. The predicted octanol–water partition coefficient (Wildman–Crippen LogP) is 2.99. The Labute approximate surface area is 111 Å². The lowest BCUT2D eigenvalue weighted by molar-refractivity contribution is 0.354. The van der Waals surface area contributed by atoms with E-state index in [0.29, 0.717) is 5.92 Å². The van der Waals surface area contributed by atoms with E-state index in [-0.39, 0.29) is 6.04 Å². The number of hydrogen-bond donors (Lipinski definition) is 1. The summed E-state index contributed by atoms with van der Waals surface area (Å²) >= 11 is 3.54. The first-order chi connectivity index (χ1) is 7.99. The van der Waals surface area contributed by atoms with Crippen molar-refractivity contribution in [2.24, 2.45) is 11.7 Å². The van der Waals surface area contributed by atoms with Gasteiger partial charge in [0.25, 0.3) is 0 Å².